The predicted molar refractivity (Wildman–Crippen MR) is 150 cm³/mol. The first-order valence-electron chi connectivity index (χ1n) is 13.0. The van der Waals surface area contributed by atoms with Crippen LogP contribution >= 0.6 is 0 Å². The van der Waals surface area contributed by atoms with Crippen LogP contribution in [-0.4, -0.2) is 48.5 Å². The first-order valence-corrected chi connectivity index (χ1v) is 13.0. The van der Waals surface area contributed by atoms with Gasteiger partial charge in [-0.05, 0) is 54.7 Å². The molecule has 3 aromatic rings. The molecule has 4 rings (SSSR count). The largest absolute Gasteiger partial charge is 0.495 e. The minimum absolute atomic E-state index is 0.0886. The summed E-state index contributed by atoms with van der Waals surface area (Å²) in [4.78, 5) is 38.2. The Hall–Kier alpha value is -4.14. The van der Waals surface area contributed by atoms with E-state index in [1.807, 2.05) is 31.2 Å². The first kappa shape index (κ1) is 26.9. The fourth-order valence-corrected chi connectivity index (χ4v) is 4.57. The number of hydrogen-bond acceptors (Lipinski definition) is 7. The van der Waals surface area contributed by atoms with Gasteiger partial charge in [0.1, 0.15) is 17.6 Å². The summed E-state index contributed by atoms with van der Waals surface area (Å²) in [7, 11) is 3.37. The Labute approximate surface area is 224 Å². The van der Waals surface area contributed by atoms with Gasteiger partial charge in [-0.15, -0.1) is 0 Å². The molecule has 0 radical (unpaired) electrons. The van der Waals surface area contributed by atoms with Gasteiger partial charge in [0.25, 0.3) is 5.91 Å². The lowest BCUT2D eigenvalue weighted by Crippen LogP contribution is -2.52. The molecule has 200 valence electrons. The molecule has 38 heavy (non-hydrogen) atoms. The van der Waals surface area contributed by atoms with Crippen molar-refractivity contribution >= 4 is 34.7 Å². The first-order chi connectivity index (χ1) is 18.3. The molecule has 1 aromatic carbocycles. The van der Waals surface area contributed by atoms with E-state index in [0.29, 0.717) is 35.3 Å². The van der Waals surface area contributed by atoms with Crippen LogP contribution in [0, 0.1) is 5.92 Å². The molecule has 3 heterocycles. The number of carbonyl (C=O) groups is 2. The van der Waals surface area contributed by atoms with Gasteiger partial charge in [-0.1, -0.05) is 20.8 Å². The van der Waals surface area contributed by atoms with E-state index in [2.05, 4.69) is 39.3 Å². The molecule has 0 saturated carbocycles. The lowest BCUT2D eigenvalue weighted by molar-refractivity contribution is -0.120. The third-order valence-corrected chi connectivity index (χ3v) is 6.79. The minimum Gasteiger partial charge on any atom is -0.495 e. The van der Waals surface area contributed by atoms with Crippen molar-refractivity contribution in [1.29, 1.82) is 0 Å². The third-order valence-electron chi connectivity index (χ3n) is 6.79. The summed E-state index contributed by atoms with van der Waals surface area (Å²) < 4.78 is 5.59. The van der Waals surface area contributed by atoms with Crippen molar-refractivity contribution in [3.8, 4) is 5.75 Å². The van der Waals surface area contributed by atoms with Gasteiger partial charge in [0.2, 0.25) is 5.91 Å². The van der Waals surface area contributed by atoms with Crippen LogP contribution in [0.4, 0.5) is 22.9 Å². The molecule has 0 bridgehead atoms. The number of benzene rings is 1. The minimum atomic E-state index is -0.207. The Balaban J connectivity index is 1.56. The van der Waals surface area contributed by atoms with E-state index in [9.17, 15) is 9.59 Å². The van der Waals surface area contributed by atoms with Crippen LogP contribution in [-0.2, 0) is 11.3 Å². The van der Waals surface area contributed by atoms with Gasteiger partial charge >= 0.3 is 0 Å². The Morgan fingerprint density at radius 2 is 1.89 bits per heavy atom. The zero-order valence-electron chi connectivity index (χ0n) is 22.7. The van der Waals surface area contributed by atoms with E-state index >= 15 is 0 Å². The molecule has 9 nitrogen and oxygen atoms in total. The number of methoxy groups -OCH3 is 1. The predicted octanol–water partition coefficient (Wildman–Crippen LogP) is 4.77. The molecule has 2 aromatic heterocycles. The highest BCUT2D eigenvalue weighted by molar-refractivity contribution is 6.05. The normalized spacial score (nSPS) is 14.9. The van der Waals surface area contributed by atoms with Crippen molar-refractivity contribution in [3.05, 3.63) is 66.1 Å². The lowest BCUT2D eigenvalue weighted by Gasteiger charge is -2.41. The van der Waals surface area contributed by atoms with Crippen molar-refractivity contribution < 1.29 is 14.3 Å². The van der Waals surface area contributed by atoms with Gasteiger partial charge in [0.05, 0.1) is 30.4 Å². The number of pyridine rings is 2. The highest BCUT2D eigenvalue weighted by atomic mass is 16.5. The number of nitrogens with one attached hydrogen (secondary N) is 2. The van der Waals surface area contributed by atoms with Crippen molar-refractivity contribution in [2.45, 2.75) is 46.2 Å². The molecule has 2 amide bonds. The van der Waals surface area contributed by atoms with Gasteiger partial charge in [-0.3, -0.25) is 14.6 Å². The van der Waals surface area contributed by atoms with E-state index < -0.39 is 0 Å². The van der Waals surface area contributed by atoms with Crippen LogP contribution in [0.3, 0.4) is 0 Å². The second kappa shape index (κ2) is 11.9. The van der Waals surface area contributed by atoms with Gasteiger partial charge < -0.3 is 25.2 Å². The molecular weight excluding hydrogens is 480 g/mol. The molecule has 0 saturated heterocycles. The number of fused-ring (bicyclic) bond motifs is 1. The molecule has 0 aliphatic carbocycles. The molecular formula is C29H36N6O3. The average Bonchev–Trinajstić information content (AvgIpc) is 2.93. The SMILES string of the molecule is CCC1C(=O)N(C)c2cnc(Nc3ccc(C(=O)NCc4ccncc4)cc3OC)cc2N1CCC(C)C. The monoisotopic (exact) mass is 516 g/mol. The maximum atomic E-state index is 13.0. The molecule has 9 heteroatoms. The van der Waals surface area contributed by atoms with E-state index in [-0.39, 0.29) is 17.9 Å². The average molecular weight is 517 g/mol. The maximum absolute atomic E-state index is 13.0. The highest BCUT2D eigenvalue weighted by Crippen LogP contribution is 2.38. The number of rotatable bonds is 10. The van der Waals surface area contributed by atoms with Crippen molar-refractivity contribution in [1.82, 2.24) is 15.3 Å². The summed E-state index contributed by atoms with van der Waals surface area (Å²) in [6.45, 7) is 7.62. The highest BCUT2D eigenvalue weighted by Gasteiger charge is 2.35. The lowest BCUT2D eigenvalue weighted by atomic mass is 10.0. The van der Waals surface area contributed by atoms with Gasteiger partial charge in [-0.2, -0.15) is 0 Å². The van der Waals surface area contributed by atoms with E-state index in [4.69, 9.17) is 4.74 Å². The third kappa shape index (κ3) is 5.88. The number of hydrogen-bond donors (Lipinski definition) is 2. The van der Waals surface area contributed by atoms with Crippen molar-refractivity contribution in [3.63, 3.8) is 0 Å². The fraction of sp³-hybridized carbons (Fsp3) is 0.379. The van der Waals surface area contributed by atoms with E-state index in [0.717, 1.165) is 36.3 Å². The molecule has 1 aliphatic rings. The Bertz CT molecular complexity index is 1280. The van der Waals surface area contributed by atoms with Crippen molar-refractivity contribution in [2.24, 2.45) is 5.92 Å². The zero-order chi connectivity index (χ0) is 27.2. The summed E-state index contributed by atoms with van der Waals surface area (Å²) in [5.41, 5.74) is 3.92. The van der Waals surface area contributed by atoms with Crippen LogP contribution < -0.4 is 25.2 Å². The second-order valence-electron chi connectivity index (χ2n) is 9.83. The summed E-state index contributed by atoms with van der Waals surface area (Å²) in [5.74, 6) is 1.57. The quantitative estimate of drug-likeness (QED) is 0.401. The van der Waals surface area contributed by atoms with Crippen LogP contribution in [0.15, 0.2) is 55.0 Å². The molecule has 2 N–H and O–H groups in total. The molecule has 1 atom stereocenters. The summed E-state index contributed by atoms with van der Waals surface area (Å²) in [6.07, 6.45) is 6.83. The maximum Gasteiger partial charge on any atom is 0.251 e. The molecule has 1 aliphatic heterocycles. The Kier molecular flexibility index (Phi) is 8.45. The number of carbonyl (C=O) groups excluding carboxylic acids is 2. The van der Waals surface area contributed by atoms with Crippen LogP contribution in [0.25, 0.3) is 0 Å². The second-order valence-corrected chi connectivity index (χ2v) is 9.83. The number of likely N-dealkylation sites (N-methyl/N-ethyl adjacent to an activating group) is 1. The van der Waals surface area contributed by atoms with E-state index in [1.165, 1.54) is 0 Å². The topological polar surface area (TPSA) is 99.7 Å². The molecule has 1 unspecified atom stereocenters. The summed E-state index contributed by atoms with van der Waals surface area (Å²) in [6, 6.07) is 10.8. The Morgan fingerprint density at radius 1 is 1.13 bits per heavy atom. The fourth-order valence-electron chi connectivity index (χ4n) is 4.57. The van der Waals surface area contributed by atoms with Crippen LogP contribution in [0.5, 0.6) is 5.75 Å². The number of amides is 2. The van der Waals surface area contributed by atoms with Gasteiger partial charge in [0, 0.05) is 44.2 Å². The van der Waals surface area contributed by atoms with E-state index in [1.54, 1.807) is 49.8 Å². The molecule has 0 spiro atoms. The van der Waals surface area contributed by atoms with Gasteiger partial charge in [-0.25, -0.2) is 4.98 Å². The number of anilines is 4. The number of aromatic nitrogens is 2. The number of nitrogens with zero attached hydrogens (tertiary/aromatic N) is 4. The van der Waals surface area contributed by atoms with Gasteiger partial charge in [0.15, 0.2) is 0 Å². The smallest absolute Gasteiger partial charge is 0.251 e. The van der Waals surface area contributed by atoms with Crippen LogP contribution in [0.2, 0.25) is 0 Å². The molecule has 0 fully saturated rings. The Morgan fingerprint density at radius 3 is 2.58 bits per heavy atom. The van der Waals surface area contributed by atoms with Crippen LogP contribution in [0.1, 0.15) is 49.5 Å². The number of ether oxygens (including phenoxy) is 1. The summed E-state index contributed by atoms with van der Waals surface area (Å²) >= 11 is 0. The standard InChI is InChI=1S/C29H36N6O3/c1-6-23-29(37)34(4)25-18-31-27(16-24(25)35(23)14-11-19(2)3)33-22-8-7-21(15-26(22)38-5)28(36)32-17-20-9-12-30-13-10-20/h7-10,12-13,15-16,18-19,23H,6,11,14,17H2,1-5H3,(H,31,33)(H,32,36). The summed E-state index contributed by atoms with van der Waals surface area (Å²) in [5, 5.41) is 6.26. The zero-order valence-corrected chi connectivity index (χ0v) is 22.7. The van der Waals surface area contributed by atoms with Crippen molar-refractivity contribution in [2.75, 3.05) is 35.8 Å².